The molecule has 1 aromatic heterocycles. The van der Waals surface area contributed by atoms with Crippen LogP contribution in [0.2, 0.25) is 10.0 Å². The number of benzene rings is 2. The topological polar surface area (TPSA) is 45.6 Å². The number of hydrogen-bond acceptors (Lipinski definition) is 4. The number of piperidine rings is 1. The van der Waals surface area contributed by atoms with Gasteiger partial charge in [0.05, 0.1) is 24.2 Å². The molecule has 1 atom stereocenters. The molecule has 1 unspecified atom stereocenters. The second-order valence-corrected chi connectivity index (χ2v) is 10.1. The Kier molecular flexibility index (Phi) is 8.69. The zero-order valence-electron chi connectivity index (χ0n) is 20.0. The highest BCUT2D eigenvalue weighted by Gasteiger charge is 2.35. The third-order valence-electron chi connectivity index (χ3n) is 6.96. The number of fused-ring (bicyclic) bond motifs is 1. The Morgan fingerprint density at radius 1 is 1.19 bits per heavy atom. The van der Waals surface area contributed by atoms with Crippen LogP contribution in [-0.4, -0.2) is 48.3 Å². The van der Waals surface area contributed by atoms with Crippen LogP contribution in [0, 0.1) is 23.1 Å². The van der Waals surface area contributed by atoms with Crippen molar-refractivity contribution in [2.75, 3.05) is 33.4 Å². The maximum atomic E-state index is 15.6. The van der Waals surface area contributed by atoms with Crippen LogP contribution in [0.1, 0.15) is 43.0 Å². The van der Waals surface area contributed by atoms with Gasteiger partial charge in [-0.25, -0.2) is 8.78 Å². The summed E-state index contributed by atoms with van der Waals surface area (Å²) < 4.78 is 34.4. The lowest BCUT2D eigenvalue weighted by molar-refractivity contribution is 0.0344. The summed E-state index contributed by atoms with van der Waals surface area (Å²) in [6, 6.07) is 9.56. The highest BCUT2D eigenvalue weighted by Crippen LogP contribution is 2.41. The van der Waals surface area contributed by atoms with Crippen LogP contribution >= 0.6 is 23.2 Å². The normalized spacial score (nSPS) is 16.4. The van der Waals surface area contributed by atoms with Crippen LogP contribution in [0.3, 0.4) is 0 Å². The van der Waals surface area contributed by atoms with Gasteiger partial charge < -0.3 is 9.84 Å². The van der Waals surface area contributed by atoms with Crippen molar-refractivity contribution in [2.45, 2.75) is 31.9 Å². The molecule has 36 heavy (non-hydrogen) atoms. The number of rotatable bonds is 7. The van der Waals surface area contributed by atoms with E-state index in [-0.39, 0.29) is 23.5 Å². The number of nitrogens with zero attached hydrogens (tertiary/aromatic N) is 2. The van der Waals surface area contributed by atoms with E-state index >= 15 is 4.39 Å². The molecule has 1 aliphatic heterocycles. The average molecular weight is 533 g/mol. The molecular formula is C28H28Cl2F2N2O2. The number of hydrogen-bond donors (Lipinski definition) is 1. The Labute approximate surface area is 220 Å². The van der Waals surface area contributed by atoms with Gasteiger partial charge in [0, 0.05) is 34.3 Å². The standard InChI is InChI=1S/C28H28Cl2F2N2O2/c1-36-22-4-5-26-23(16-22)27(24(30)17-33-26)25(32)6-7-28(18-35)8-11-34(12-9-28)10-2-3-19-13-20(29)15-21(31)14-19/h4-5,13-17,25,35H,6-12,18H2,1H3. The number of ether oxygens (including phenoxy) is 1. The summed E-state index contributed by atoms with van der Waals surface area (Å²) in [5, 5.41) is 11.5. The number of methoxy groups -OCH3 is 1. The smallest absolute Gasteiger partial charge is 0.127 e. The van der Waals surface area contributed by atoms with E-state index in [1.165, 1.54) is 18.3 Å². The number of alkyl halides is 1. The lowest BCUT2D eigenvalue weighted by Gasteiger charge is -2.40. The van der Waals surface area contributed by atoms with Crippen molar-refractivity contribution in [3.05, 3.63) is 69.6 Å². The second kappa shape index (κ2) is 11.7. The van der Waals surface area contributed by atoms with Crippen molar-refractivity contribution in [1.29, 1.82) is 0 Å². The van der Waals surface area contributed by atoms with E-state index in [0.29, 0.717) is 45.8 Å². The zero-order chi connectivity index (χ0) is 25.7. The summed E-state index contributed by atoms with van der Waals surface area (Å²) in [6.45, 7) is 2.01. The minimum Gasteiger partial charge on any atom is -0.497 e. The van der Waals surface area contributed by atoms with Gasteiger partial charge in [-0.3, -0.25) is 9.88 Å². The molecule has 1 fully saturated rings. The Balaban J connectivity index is 1.38. The number of likely N-dealkylation sites (tertiary alicyclic amines) is 1. The van der Waals surface area contributed by atoms with Crippen LogP contribution in [0.5, 0.6) is 5.75 Å². The lowest BCUT2D eigenvalue weighted by Crippen LogP contribution is -2.42. The molecule has 0 radical (unpaired) electrons. The molecule has 4 rings (SSSR count). The van der Waals surface area contributed by atoms with Gasteiger partial charge in [-0.05, 0) is 80.6 Å². The summed E-state index contributed by atoms with van der Waals surface area (Å²) in [5.41, 5.74) is 1.26. The third kappa shape index (κ3) is 6.27. The zero-order valence-corrected chi connectivity index (χ0v) is 21.5. The first-order chi connectivity index (χ1) is 17.3. The molecule has 4 nitrogen and oxygen atoms in total. The maximum absolute atomic E-state index is 15.6. The molecule has 1 saturated heterocycles. The molecule has 8 heteroatoms. The van der Waals surface area contributed by atoms with Crippen LogP contribution in [0.15, 0.2) is 42.6 Å². The molecule has 1 N–H and O–H groups in total. The first-order valence-corrected chi connectivity index (χ1v) is 12.6. The molecule has 0 bridgehead atoms. The summed E-state index contributed by atoms with van der Waals surface area (Å²) in [6.07, 6.45) is 2.45. The van der Waals surface area contributed by atoms with Crippen LogP contribution < -0.4 is 4.74 Å². The molecule has 0 aliphatic carbocycles. The number of halogens is 4. The number of aliphatic hydroxyl groups excluding tert-OH is 1. The number of aromatic nitrogens is 1. The minimum absolute atomic E-state index is 0.000320. The van der Waals surface area contributed by atoms with Gasteiger partial charge in [0.1, 0.15) is 17.7 Å². The molecule has 0 amide bonds. The van der Waals surface area contributed by atoms with Gasteiger partial charge in [0.2, 0.25) is 0 Å². The Hall–Kier alpha value is -2.43. The first kappa shape index (κ1) is 26.6. The second-order valence-electron chi connectivity index (χ2n) is 9.30. The van der Waals surface area contributed by atoms with Crippen molar-refractivity contribution in [3.8, 4) is 17.6 Å². The van der Waals surface area contributed by atoms with Gasteiger partial charge in [-0.1, -0.05) is 35.0 Å². The average Bonchev–Trinajstić information content (AvgIpc) is 2.87. The molecular weight excluding hydrogens is 505 g/mol. The Morgan fingerprint density at radius 3 is 2.67 bits per heavy atom. The maximum Gasteiger partial charge on any atom is 0.127 e. The van der Waals surface area contributed by atoms with E-state index in [4.69, 9.17) is 27.9 Å². The van der Waals surface area contributed by atoms with E-state index in [0.717, 1.165) is 25.9 Å². The summed E-state index contributed by atoms with van der Waals surface area (Å²) >= 11 is 12.3. The largest absolute Gasteiger partial charge is 0.497 e. The van der Waals surface area contributed by atoms with Crippen molar-refractivity contribution in [1.82, 2.24) is 9.88 Å². The summed E-state index contributed by atoms with van der Waals surface area (Å²) in [5.74, 6) is 6.23. The van der Waals surface area contributed by atoms with E-state index in [1.54, 1.807) is 31.4 Å². The van der Waals surface area contributed by atoms with Gasteiger partial charge >= 0.3 is 0 Å². The summed E-state index contributed by atoms with van der Waals surface area (Å²) in [4.78, 5) is 6.49. The van der Waals surface area contributed by atoms with E-state index in [2.05, 4.69) is 21.7 Å². The molecule has 0 spiro atoms. The highest BCUT2D eigenvalue weighted by atomic mass is 35.5. The molecule has 2 aromatic carbocycles. The van der Waals surface area contributed by atoms with Crippen LogP contribution in [-0.2, 0) is 0 Å². The number of aliphatic hydroxyl groups is 1. The summed E-state index contributed by atoms with van der Waals surface area (Å²) in [7, 11) is 1.56. The predicted octanol–water partition coefficient (Wildman–Crippen LogP) is 6.61. The van der Waals surface area contributed by atoms with Crippen molar-refractivity contribution in [3.63, 3.8) is 0 Å². The van der Waals surface area contributed by atoms with Gasteiger partial charge in [0.15, 0.2) is 0 Å². The first-order valence-electron chi connectivity index (χ1n) is 11.9. The van der Waals surface area contributed by atoms with Crippen molar-refractivity contribution < 1.29 is 18.6 Å². The molecule has 3 aromatic rings. The fraction of sp³-hybridized carbons (Fsp3) is 0.393. The van der Waals surface area contributed by atoms with Crippen molar-refractivity contribution >= 4 is 34.1 Å². The number of pyridine rings is 1. The van der Waals surface area contributed by atoms with Gasteiger partial charge in [0.25, 0.3) is 0 Å². The minimum atomic E-state index is -1.29. The van der Waals surface area contributed by atoms with Gasteiger partial charge in [-0.2, -0.15) is 0 Å². The van der Waals surface area contributed by atoms with E-state index in [1.807, 2.05) is 0 Å². The molecule has 190 valence electrons. The molecule has 0 saturated carbocycles. The predicted molar refractivity (Wildman–Crippen MR) is 140 cm³/mol. The molecule has 1 aliphatic rings. The van der Waals surface area contributed by atoms with Crippen LogP contribution in [0.25, 0.3) is 10.9 Å². The highest BCUT2D eigenvalue weighted by molar-refractivity contribution is 6.32. The van der Waals surface area contributed by atoms with Crippen molar-refractivity contribution in [2.24, 2.45) is 5.41 Å². The monoisotopic (exact) mass is 532 g/mol. The lowest BCUT2D eigenvalue weighted by atomic mass is 9.74. The van der Waals surface area contributed by atoms with E-state index < -0.39 is 12.0 Å². The SMILES string of the molecule is COc1ccc2ncc(Cl)c(C(F)CCC3(CO)CCN(CC#Cc4cc(F)cc(Cl)c4)CC3)c2c1. The fourth-order valence-corrected chi connectivity index (χ4v) is 5.23. The van der Waals surface area contributed by atoms with E-state index in [9.17, 15) is 9.50 Å². The molecule has 2 heterocycles. The van der Waals surface area contributed by atoms with Gasteiger partial charge in [-0.15, -0.1) is 0 Å². The third-order valence-corrected chi connectivity index (χ3v) is 7.48. The Bertz CT molecular complexity index is 1260. The van der Waals surface area contributed by atoms with Crippen LogP contribution in [0.4, 0.5) is 8.78 Å². The quantitative estimate of drug-likeness (QED) is 0.348. The fourth-order valence-electron chi connectivity index (χ4n) is 4.74. The Morgan fingerprint density at radius 2 is 1.97 bits per heavy atom.